The molecule has 8 nitrogen and oxygen atoms in total. The van der Waals surface area contributed by atoms with Crippen molar-refractivity contribution in [2.45, 2.75) is 83.8 Å². The standard InChI is InChI=1S/C30H41Cl2N3O5S/c1-4-28(30(37)33-22-11-7-6-8-12-22)34(21-25-26(31)13-9-14-27(25)32)29(36)15-10-20-35(41(3,38)39)23-16-18-24(19-17-23)40-5-2/h9,13-14,16-19,22,28H,4-8,10-12,15,20-21H2,1-3H3,(H,33,37)/t28-/m1/s1. The first-order valence-corrected chi connectivity index (χ1v) is 16.9. The fourth-order valence-electron chi connectivity index (χ4n) is 5.20. The van der Waals surface area contributed by atoms with E-state index in [4.69, 9.17) is 27.9 Å². The van der Waals surface area contributed by atoms with Crippen LogP contribution in [0.25, 0.3) is 0 Å². The molecule has 1 saturated carbocycles. The topological polar surface area (TPSA) is 96.0 Å². The highest BCUT2D eigenvalue weighted by molar-refractivity contribution is 7.92. The highest BCUT2D eigenvalue weighted by atomic mass is 35.5. The van der Waals surface area contributed by atoms with Crippen LogP contribution in [0.15, 0.2) is 42.5 Å². The first-order valence-electron chi connectivity index (χ1n) is 14.3. The summed E-state index contributed by atoms with van der Waals surface area (Å²) < 4.78 is 32.0. The lowest BCUT2D eigenvalue weighted by atomic mass is 9.95. The lowest BCUT2D eigenvalue weighted by molar-refractivity contribution is -0.141. The SMILES string of the molecule is CCOc1ccc(N(CCCC(=O)N(Cc2c(Cl)cccc2Cl)[C@H](CC)C(=O)NC2CCCCC2)S(C)(=O)=O)cc1. The largest absolute Gasteiger partial charge is 0.494 e. The Bertz CT molecular complexity index is 1250. The predicted octanol–water partition coefficient (Wildman–Crippen LogP) is 6.19. The van der Waals surface area contributed by atoms with E-state index < -0.39 is 16.1 Å². The first kappa shape index (κ1) is 33.0. The van der Waals surface area contributed by atoms with Crippen molar-refractivity contribution in [2.24, 2.45) is 0 Å². The van der Waals surface area contributed by atoms with Gasteiger partial charge in [-0.2, -0.15) is 0 Å². The fraction of sp³-hybridized carbons (Fsp3) is 0.533. The lowest BCUT2D eigenvalue weighted by Crippen LogP contribution is -2.51. The predicted molar refractivity (Wildman–Crippen MR) is 165 cm³/mol. The van der Waals surface area contributed by atoms with Crippen molar-refractivity contribution in [2.75, 3.05) is 23.7 Å². The molecule has 2 aromatic rings. The summed E-state index contributed by atoms with van der Waals surface area (Å²) in [6.45, 7) is 4.42. The van der Waals surface area contributed by atoms with Crippen molar-refractivity contribution in [3.63, 3.8) is 0 Å². The average Bonchev–Trinajstić information content (AvgIpc) is 2.93. The van der Waals surface area contributed by atoms with Crippen LogP contribution >= 0.6 is 23.2 Å². The van der Waals surface area contributed by atoms with E-state index in [-0.39, 0.29) is 43.8 Å². The molecule has 1 N–H and O–H groups in total. The molecule has 2 amide bonds. The molecule has 0 aliphatic heterocycles. The van der Waals surface area contributed by atoms with E-state index in [0.717, 1.165) is 31.9 Å². The molecular formula is C30H41Cl2N3O5S. The van der Waals surface area contributed by atoms with Crippen LogP contribution in [0, 0.1) is 0 Å². The van der Waals surface area contributed by atoms with E-state index in [2.05, 4.69) is 5.32 Å². The highest BCUT2D eigenvalue weighted by Gasteiger charge is 2.31. The van der Waals surface area contributed by atoms with Gasteiger partial charge in [0.15, 0.2) is 0 Å². The van der Waals surface area contributed by atoms with Crippen LogP contribution in [0.1, 0.15) is 70.8 Å². The van der Waals surface area contributed by atoms with Crippen LogP contribution < -0.4 is 14.4 Å². The molecule has 1 atom stereocenters. The number of rotatable bonds is 14. The number of sulfonamides is 1. The summed E-state index contributed by atoms with van der Waals surface area (Å²) in [4.78, 5) is 28.7. The van der Waals surface area contributed by atoms with Gasteiger partial charge in [0.2, 0.25) is 21.8 Å². The maximum Gasteiger partial charge on any atom is 0.243 e. The van der Waals surface area contributed by atoms with Gasteiger partial charge < -0.3 is 15.0 Å². The molecule has 226 valence electrons. The minimum Gasteiger partial charge on any atom is -0.494 e. The van der Waals surface area contributed by atoms with Gasteiger partial charge in [-0.15, -0.1) is 0 Å². The zero-order chi connectivity index (χ0) is 30.0. The van der Waals surface area contributed by atoms with Crippen LogP contribution in [0.2, 0.25) is 10.0 Å². The zero-order valence-corrected chi connectivity index (χ0v) is 26.4. The van der Waals surface area contributed by atoms with Gasteiger partial charge in [-0.05, 0) is 69.0 Å². The molecule has 41 heavy (non-hydrogen) atoms. The second-order valence-corrected chi connectivity index (χ2v) is 13.1. The van der Waals surface area contributed by atoms with Crippen LogP contribution in [0.4, 0.5) is 5.69 Å². The van der Waals surface area contributed by atoms with Gasteiger partial charge in [0, 0.05) is 41.2 Å². The molecule has 2 aromatic carbocycles. The summed E-state index contributed by atoms with van der Waals surface area (Å²) in [6, 6.07) is 11.3. The molecule has 3 rings (SSSR count). The van der Waals surface area contributed by atoms with Crippen molar-refractivity contribution in [3.05, 3.63) is 58.1 Å². The molecule has 1 fully saturated rings. The van der Waals surface area contributed by atoms with Crippen molar-refractivity contribution in [1.82, 2.24) is 10.2 Å². The molecule has 0 aromatic heterocycles. The number of amides is 2. The van der Waals surface area contributed by atoms with E-state index in [1.54, 1.807) is 42.5 Å². The number of halogens is 2. The van der Waals surface area contributed by atoms with Gasteiger partial charge in [0.05, 0.1) is 18.6 Å². The maximum atomic E-state index is 13.7. The molecule has 11 heteroatoms. The molecular weight excluding hydrogens is 585 g/mol. The molecule has 0 bridgehead atoms. The van der Waals surface area contributed by atoms with Crippen LogP contribution in [-0.2, 0) is 26.2 Å². The van der Waals surface area contributed by atoms with E-state index in [0.29, 0.717) is 40.1 Å². The van der Waals surface area contributed by atoms with Gasteiger partial charge in [0.25, 0.3) is 0 Å². The second-order valence-electron chi connectivity index (χ2n) is 10.4. The number of carbonyl (C=O) groups is 2. The highest BCUT2D eigenvalue weighted by Crippen LogP contribution is 2.28. The van der Waals surface area contributed by atoms with E-state index in [1.807, 2.05) is 13.8 Å². The molecule has 0 radical (unpaired) electrons. The molecule has 0 saturated heterocycles. The van der Waals surface area contributed by atoms with Crippen LogP contribution in [0.5, 0.6) is 5.75 Å². The van der Waals surface area contributed by atoms with Gasteiger partial charge in [-0.1, -0.05) is 55.5 Å². The third-order valence-corrected chi connectivity index (χ3v) is 9.22. The minimum absolute atomic E-state index is 0.0400. The summed E-state index contributed by atoms with van der Waals surface area (Å²) >= 11 is 12.9. The number of benzene rings is 2. The van der Waals surface area contributed by atoms with E-state index in [9.17, 15) is 18.0 Å². The number of anilines is 1. The van der Waals surface area contributed by atoms with Crippen molar-refractivity contribution in [1.29, 1.82) is 0 Å². The van der Waals surface area contributed by atoms with Crippen LogP contribution in [-0.4, -0.2) is 56.6 Å². The molecule has 1 aliphatic rings. The normalized spacial score (nSPS) is 14.8. The lowest BCUT2D eigenvalue weighted by Gasteiger charge is -2.33. The van der Waals surface area contributed by atoms with Crippen LogP contribution in [0.3, 0.4) is 0 Å². The Balaban J connectivity index is 1.78. The van der Waals surface area contributed by atoms with E-state index in [1.165, 1.54) is 15.6 Å². The fourth-order valence-corrected chi connectivity index (χ4v) is 6.68. The second kappa shape index (κ2) is 15.7. The summed E-state index contributed by atoms with van der Waals surface area (Å²) in [6.07, 6.45) is 7.02. The number of nitrogens with one attached hydrogen (secondary N) is 1. The average molecular weight is 627 g/mol. The van der Waals surface area contributed by atoms with Crippen molar-refractivity contribution >= 4 is 50.7 Å². The minimum atomic E-state index is -3.60. The Morgan fingerprint density at radius 1 is 1.02 bits per heavy atom. The first-order chi connectivity index (χ1) is 19.5. The summed E-state index contributed by atoms with van der Waals surface area (Å²) in [5.74, 6) is 0.181. The number of carbonyl (C=O) groups excluding carboxylic acids is 2. The molecule has 1 aliphatic carbocycles. The Kier molecular flexibility index (Phi) is 12.6. The third-order valence-electron chi connectivity index (χ3n) is 7.32. The van der Waals surface area contributed by atoms with Gasteiger partial charge in [-0.25, -0.2) is 8.42 Å². The Hall–Kier alpha value is -2.49. The summed E-state index contributed by atoms with van der Waals surface area (Å²) in [5.41, 5.74) is 1.06. The maximum absolute atomic E-state index is 13.7. The third kappa shape index (κ3) is 9.51. The Labute approximate surface area is 254 Å². The molecule has 0 unspecified atom stereocenters. The van der Waals surface area contributed by atoms with Gasteiger partial charge >= 0.3 is 0 Å². The molecule has 0 spiro atoms. The van der Waals surface area contributed by atoms with Crippen molar-refractivity contribution in [3.8, 4) is 5.75 Å². The Morgan fingerprint density at radius 2 is 1.66 bits per heavy atom. The smallest absolute Gasteiger partial charge is 0.243 e. The van der Waals surface area contributed by atoms with Gasteiger partial charge in [0.1, 0.15) is 11.8 Å². The monoisotopic (exact) mass is 625 g/mol. The summed E-state index contributed by atoms with van der Waals surface area (Å²) in [7, 11) is -3.60. The number of hydrogen-bond donors (Lipinski definition) is 1. The Morgan fingerprint density at radius 3 is 2.22 bits per heavy atom. The van der Waals surface area contributed by atoms with Gasteiger partial charge in [-0.3, -0.25) is 13.9 Å². The summed E-state index contributed by atoms with van der Waals surface area (Å²) in [5, 5.41) is 3.98. The number of ether oxygens (including phenoxy) is 1. The molecule has 0 heterocycles. The van der Waals surface area contributed by atoms with Crippen molar-refractivity contribution < 1.29 is 22.7 Å². The quantitative estimate of drug-likeness (QED) is 0.270. The number of nitrogens with zero attached hydrogens (tertiary/aromatic N) is 2. The number of hydrogen-bond acceptors (Lipinski definition) is 5. The van der Waals surface area contributed by atoms with E-state index >= 15 is 0 Å². The zero-order valence-electron chi connectivity index (χ0n) is 24.1.